The Morgan fingerprint density at radius 1 is 1.17 bits per heavy atom. The molecule has 3 aliphatic rings. The fourth-order valence-corrected chi connectivity index (χ4v) is 6.74. The average Bonchev–Trinajstić information content (AvgIpc) is 3.16. The Balaban J connectivity index is 1.44. The van der Waals surface area contributed by atoms with Crippen LogP contribution in [0.1, 0.15) is 82.7 Å². The van der Waals surface area contributed by atoms with Crippen molar-refractivity contribution in [1.29, 1.82) is 0 Å². The monoisotopic (exact) mass is 487 g/mol. The van der Waals surface area contributed by atoms with Crippen LogP contribution in [0.4, 0.5) is 9.18 Å². The first kappa shape index (κ1) is 25.9. The molecule has 1 aromatic rings. The van der Waals surface area contributed by atoms with Crippen LogP contribution >= 0.6 is 0 Å². The number of methoxy groups -OCH3 is 1. The molecule has 2 saturated carbocycles. The van der Waals surface area contributed by atoms with Crippen LogP contribution < -0.4 is 0 Å². The molecule has 194 valence electrons. The summed E-state index contributed by atoms with van der Waals surface area (Å²) in [4.78, 5) is 21.4. The summed E-state index contributed by atoms with van der Waals surface area (Å²) in [6.07, 6.45) is 12.8. The van der Waals surface area contributed by atoms with Gasteiger partial charge in [0, 0.05) is 12.1 Å². The lowest BCUT2D eigenvalue weighted by Gasteiger charge is -2.43. The third kappa shape index (κ3) is 5.99. The second kappa shape index (κ2) is 11.3. The number of ether oxygens (including phenoxy) is 2. The van der Waals surface area contributed by atoms with Crippen LogP contribution in [-0.4, -0.2) is 61.3 Å². The first-order valence-electron chi connectivity index (χ1n) is 13.3. The number of nitrogens with zero attached hydrogens (tertiary/aromatic N) is 3. The van der Waals surface area contributed by atoms with Gasteiger partial charge in [0.15, 0.2) is 0 Å². The van der Waals surface area contributed by atoms with Crippen LogP contribution in [0.15, 0.2) is 29.3 Å². The molecule has 7 heteroatoms. The number of benzene rings is 1. The molecule has 4 rings (SSSR count). The van der Waals surface area contributed by atoms with Gasteiger partial charge < -0.3 is 19.3 Å². The zero-order valence-corrected chi connectivity index (χ0v) is 21.8. The van der Waals surface area contributed by atoms with Crippen molar-refractivity contribution in [3.05, 3.63) is 35.6 Å². The van der Waals surface area contributed by atoms with Gasteiger partial charge >= 0.3 is 6.16 Å². The molecule has 3 unspecified atom stereocenters. The van der Waals surface area contributed by atoms with Crippen LogP contribution in [0.2, 0.25) is 0 Å². The molecule has 1 aromatic carbocycles. The van der Waals surface area contributed by atoms with Crippen molar-refractivity contribution in [2.45, 2.75) is 95.0 Å². The molecule has 0 radical (unpaired) electrons. The molecule has 0 spiro atoms. The topological polar surface area (TPSA) is 54.4 Å². The molecule has 35 heavy (non-hydrogen) atoms. The lowest BCUT2D eigenvalue weighted by atomic mass is 9.74. The van der Waals surface area contributed by atoms with E-state index in [-0.39, 0.29) is 17.9 Å². The van der Waals surface area contributed by atoms with Gasteiger partial charge in [-0.3, -0.25) is 0 Å². The van der Waals surface area contributed by atoms with Crippen molar-refractivity contribution in [2.75, 3.05) is 21.2 Å². The van der Waals surface area contributed by atoms with Gasteiger partial charge in [0.05, 0.1) is 19.5 Å². The first-order chi connectivity index (χ1) is 16.8. The maximum absolute atomic E-state index is 13.9. The molecule has 2 fully saturated rings. The van der Waals surface area contributed by atoms with Crippen LogP contribution in [0.3, 0.4) is 0 Å². The van der Waals surface area contributed by atoms with Crippen LogP contribution in [0.5, 0.6) is 0 Å². The van der Waals surface area contributed by atoms with E-state index in [9.17, 15) is 9.18 Å². The third-order valence-corrected chi connectivity index (χ3v) is 8.52. The number of carbonyl (C=O) groups is 1. The Labute approximate surface area is 209 Å². The summed E-state index contributed by atoms with van der Waals surface area (Å²) in [5, 5.41) is 0. The highest BCUT2D eigenvalue weighted by atomic mass is 19.1. The summed E-state index contributed by atoms with van der Waals surface area (Å²) in [6, 6.07) is 7.77. The second-order valence-corrected chi connectivity index (χ2v) is 11.1. The Hall–Kier alpha value is -2.15. The Bertz CT molecular complexity index is 880. The summed E-state index contributed by atoms with van der Waals surface area (Å²) in [5.74, 6) is 0.868. The smallest absolute Gasteiger partial charge is 0.438 e. The van der Waals surface area contributed by atoms with E-state index in [4.69, 9.17) is 14.5 Å². The summed E-state index contributed by atoms with van der Waals surface area (Å²) in [7, 11) is 5.53. The average molecular weight is 488 g/mol. The number of halogens is 1. The van der Waals surface area contributed by atoms with E-state index < -0.39 is 11.9 Å². The lowest BCUT2D eigenvalue weighted by Crippen LogP contribution is -2.51. The standard InChI is InChI=1S/C28H42FN3O3/c1-28(35-27(33)34-4)25(32(19-30-28)24-11-6-5-7-12-24)17-20-13-15-21(16-14-20)26(31(2)3)22-9-8-10-23(29)18-22/h8-10,18-21,24-26H,5-7,11-17H2,1-4H3. The zero-order chi connectivity index (χ0) is 25.0. The van der Waals surface area contributed by atoms with E-state index in [1.165, 1.54) is 45.3 Å². The first-order valence-corrected chi connectivity index (χ1v) is 13.3. The van der Waals surface area contributed by atoms with Crippen molar-refractivity contribution < 1.29 is 18.7 Å². The van der Waals surface area contributed by atoms with Crippen LogP contribution in [0, 0.1) is 17.7 Å². The van der Waals surface area contributed by atoms with Gasteiger partial charge in [0.25, 0.3) is 0 Å². The number of hydrogen-bond donors (Lipinski definition) is 0. The molecular formula is C28H42FN3O3. The summed E-state index contributed by atoms with van der Waals surface area (Å²) in [5.41, 5.74) is 0.139. The van der Waals surface area contributed by atoms with E-state index in [0.29, 0.717) is 17.9 Å². The van der Waals surface area contributed by atoms with Crippen molar-refractivity contribution in [1.82, 2.24) is 9.80 Å². The van der Waals surface area contributed by atoms with Gasteiger partial charge in [-0.15, -0.1) is 0 Å². The van der Waals surface area contributed by atoms with Gasteiger partial charge in [-0.25, -0.2) is 14.2 Å². The second-order valence-electron chi connectivity index (χ2n) is 11.1. The predicted molar refractivity (Wildman–Crippen MR) is 136 cm³/mol. The number of rotatable bonds is 7. The fourth-order valence-electron chi connectivity index (χ4n) is 6.74. The van der Waals surface area contributed by atoms with E-state index >= 15 is 0 Å². The quantitative estimate of drug-likeness (QED) is 0.431. The van der Waals surface area contributed by atoms with Gasteiger partial charge in [0.1, 0.15) is 5.82 Å². The SMILES string of the molecule is COC(=O)OC1(C)N=CN(C2CCCCC2)C1CC1CCC(C(c2cccc(F)c2)N(C)C)CC1. The van der Waals surface area contributed by atoms with E-state index in [2.05, 4.69) is 23.9 Å². The van der Waals surface area contributed by atoms with Crippen LogP contribution in [-0.2, 0) is 9.47 Å². The minimum atomic E-state index is -0.922. The molecule has 6 nitrogen and oxygen atoms in total. The van der Waals surface area contributed by atoms with Crippen molar-refractivity contribution in [3.8, 4) is 0 Å². The largest absolute Gasteiger partial charge is 0.510 e. The summed E-state index contributed by atoms with van der Waals surface area (Å²) in [6.45, 7) is 1.92. The molecule has 0 amide bonds. The number of hydrogen-bond acceptors (Lipinski definition) is 6. The van der Waals surface area contributed by atoms with Gasteiger partial charge in [0.2, 0.25) is 5.72 Å². The summed E-state index contributed by atoms with van der Waals surface area (Å²) < 4.78 is 24.5. The van der Waals surface area contributed by atoms with Crippen LogP contribution in [0.25, 0.3) is 0 Å². The molecule has 2 aliphatic carbocycles. The van der Waals surface area contributed by atoms with E-state index in [1.807, 2.05) is 25.4 Å². The zero-order valence-electron chi connectivity index (χ0n) is 21.8. The maximum atomic E-state index is 13.9. The Kier molecular flexibility index (Phi) is 8.35. The highest BCUT2D eigenvalue weighted by molar-refractivity contribution is 5.64. The van der Waals surface area contributed by atoms with Gasteiger partial charge in [-0.2, -0.15) is 0 Å². The molecule has 0 saturated heterocycles. The number of aliphatic imine (C=N–C) groups is 1. The lowest BCUT2D eigenvalue weighted by molar-refractivity contribution is -0.0530. The highest BCUT2D eigenvalue weighted by Crippen LogP contribution is 2.43. The minimum Gasteiger partial charge on any atom is -0.438 e. The third-order valence-electron chi connectivity index (χ3n) is 8.52. The molecule has 0 N–H and O–H groups in total. The van der Waals surface area contributed by atoms with E-state index in [0.717, 1.165) is 37.7 Å². The van der Waals surface area contributed by atoms with E-state index in [1.54, 1.807) is 6.07 Å². The number of carbonyl (C=O) groups excluding carboxylic acids is 1. The molecule has 3 atom stereocenters. The summed E-state index contributed by atoms with van der Waals surface area (Å²) >= 11 is 0. The van der Waals surface area contributed by atoms with Gasteiger partial charge in [-0.05, 0) is 82.7 Å². The Morgan fingerprint density at radius 2 is 1.89 bits per heavy atom. The fraction of sp³-hybridized carbons (Fsp3) is 0.714. The van der Waals surface area contributed by atoms with Crippen molar-refractivity contribution in [3.63, 3.8) is 0 Å². The molecular weight excluding hydrogens is 445 g/mol. The predicted octanol–water partition coefficient (Wildman–Crippen LogP) is 6.17. The molecule has 1 aliphatic heterocycles. The normalized spacial score (nSPS) is 30.5. The minimum absolute atomic E-state index is 0.0270. The van der Waals surface area contributed by atoms with Gasteiger partial charge in [-0.1, -0.05) is 44.2 Å². The Morgan fingerprint density at radius 3 is 2.51 bits per heavy atom. The molecule has 0 bridgehead atoms. The molecule has 1 heterocycles. The highest BCUT2D eigenvalue weighted by Gasteiger charge is 2.48. The maximum Gasteiger partial charge on any atom is 0.510 e. The van der Waals surface area contributed by atoms with Crippen molar-refractivity contribution >= 4 is 12.5 Å². The molecule has 0 aromatic heterocycles. The van der Waals surface area contributed by atoms with Crippen molar-refractivity contribution in [2.24, 2.45) is 16.8 Å².